The lowest BCUT2D eigenvalue weighted by atomic mass is 10.2. The van der Waals surface area contributed by atoms with Gasteiger partial charge in [-0.2, -0.15) is 0 Å². The highest BCUT2D eigenvalue weighted by molar-refractivity contribution is 5.44. The summed E-state index contributed by atoms with van der Waals surface area (Å²) in [4.78, 5) is 0. The molecule has 3 heteroatoms. The van der Waals surface area contributed by atoms with E-state index in [-0.39, 0.29) is 0 Å². The zero-order chi connectivity index (χ0) is 10.7. The summed E-state index contributed by atoms with van der Waals surface area (Å²) in [5.74, 6) is 2.21. The van der Waals surface area contributed by atoms with Crippen molar-refractivity contribution in [1.29, 1.82) is 0 Å². The lowest BCUT2D eigenvalue weighted by molar-refractivity contribution is 0.0969. The van der Waals surface area contributed by atoms with E-state index < -0.39 is 0 Å². The third-order valence-corrected chi connectivity index (χ3v) is 2.16. The molecule has 1 aromatic rings. The van der Waals surface area contributed by atoms with Gasteiger partial charge in [0, 0.05) is 6.61 Å². The summed E-state index contributed by atoms with van der Waals surface area (Å²) in [6.45, 7) is 6.02. The van der Waals surface area contributed by atoms with Crippen LogP contribution in [0, 0.1) is 5.92 Å². The molecule has 15 heavy (non-hydrogen) atoms. The summed E-state index contributed by atoms with van der Waals surface area (Å²) in [5, 5.41) is 0. The molecule has 2 rings (SSSR count). The molecule has 1 aromatic carbocycles. The van der Waals surface area contributed by atoms with Crippen LogP contribution in [0.15, 0.2) is 18.2 Å². The maximum atomic E-state index is 5.54. The first-order valence-corrected chi connectivity index (χ1v) is 5.22. The quantitative estimate of drug-likeness (QED) is 0.761. The molecule has 0 saturated heterocycles. The van der Waals surface area contributed by atoms with Crippen LogP contribution in [-0.2, 0) is 11.3 Å². The van der Waals surface area contributed by atoms with E-state index in [9.17, 15) is 0 Å². The summed E-state index contributed by atoms with van der Waals surface area (Å²) in [7, 11) is 0. The lowest BCUT2D eigenvalue weighted by Crippen LogP contribution is -2.01. The Hall–Kier alpha value is -1.22. The largest absolute Gasteiger partial charge is 0.454 e. The summed E-state index contributed by atoms with van der Waals surface area (Å²) >= 11 is 0. The number of hydrogen-bond donors (Lipinski definition) is 0. The number of benzene rings is 1. The Balaban J connectivity index is 1.92. The van der Waals surface area contributed by atoms with Crippen molar-refractivity contribution in [3.05, 3.63) is 23.8 Å². The average molecular weight is 208 g/mol. The molecule has 0 atom stereocenters. The Labute approximate surface area is 90.0 Å². The molecule has 0 aliphatic carbocycles. The first kappa shape index (κ1) is 10.3. The molecule has 0 bridgehead atoms. The molecular weight excluding hydrogens is 192 g/mol. The highest BCUT2D eigenvalue weighted by Crippen LogP contribution is 2.32. The van der Waals surface area contributed by atoms with Gasteiger partial charge < -0.3 is 14.2 Å². The van der Waals surface area contributed by atoms with Crippen molar-refractivity contribution in [2.45, 2.75) is 20.5 Å². The molecule has 0 spiro atoms. The number of ether oxygens (including phenoxy) is 3. The number of fused-ring (bicyclic) bond motifs is 1. The molecule has 0 amide bonds. The standard InChI is InChI=1S/C12H16O3/c1-9(2)6-13-7-10-3-4-11-12(5-10)15-8-14-11/h3-5,9H,6-8H2,1-2H3. The van der Waals surface area contributed by atoms with Crippen LogP contribution in [0.5, 0.6) is 11.5 Å². The zero-order valence-corrected chi connectivity index (χ0v) is 9.16. The Morgan fingerprint density at radius 1 is 1.27 bits per heavy atom. The minimum Gasteiger partial charge on any atom is -0.454 e. The molecule has 0 radical (unpaired) electrons. The first-order valence-electron chi connectivity index (χ1n) is 5.22. The van der Waals surface area contributed by atoms with Crippen LogP contribution in [0.2, 0.25) is 0 Å². The first-order chi connectivity index (χ1) is 7.25. The third kappa shape index (κ3) is 2.63. The fourth-order valence-corrected chi connectivity index (χ4v) is 1.44. The lowest BCUT2D eigenvalue weighted by Gasteiger charge is -2.07. The molecule has 1 heterocycles. The van der Waals surface area contributed by atoms with Gasteiger partial charge in [-0.1, -0.05) is 19.9 Å². The summed E-state index contributed by atoms with van der Waals surface area (Å²) in [6, 6.07) is 5.91. The zero-order valence-electron chi connectivity index (χ0n) is 9.16. The fourth-order valence-electron chi connectivity index (χ4n) is 1.44. The van der Waals surface area contributed by atoms with Crippen molar-refractivity contribution in [3.8, 4) is 11.5 Å². The molecule has 0 saturated carbocycles. The van der Waals surface area contributed by atoms with Crippen LogP contribution in [-0.4, -0.2) is 13.4 Å². The Bertz CT molecular complexity index is 334. The van der Waals surface area contributed by atoms with Gasteiger partial charge in [-0.25, -0.2) is 0 Å². The van der Waals surface area contributed by atoms with Gasteiger partial charge in [-0.3, -0.25) is 0 Å². The topological polar surface area (TPSA) is 27.7 Å². The van der Waals surface area contributed by atoms with Crippen LogP contribution in [0.1, 0.15) is 19.4 Å². The van der Waals surface area contributed by atoms with E-state index in [1.165, 1.54) is 0 Å². The van der Waals surface area contributed by atoms with Crippen molar-refractivity contribution in [2.24, 2.45) is 5.92 Å². The van der Waals surface area contributed by atoms with E-state index in [0.717, 1.165) is 23.7 Å². The van der Waals surface area contributed by atoms with Crippen molar-refractivity contribution in [1.82, 2.24) is 0 Å². The molecule has 0 aromatic heterocycles. The van der Waals surface area contributed by atoms with Gasteiger partial charge in [0.25, 0.3) is 0 Å². The second-order valence-electron chi connectivity index (χ2n) is 4.10. The van der Waals surface area contributed by atoms with Crippen LogP contribution in [0.4, 0.5) is 0 Å². The molecule has 1 aliphatic rings. The second kappa shape index (κ2) is 4.53. The van der Waals surface area contributed by atoms with Crippen LogP contribution in [0.25, 0.3) is 0 Å². The van der Waals surface area contributed by atoms with Crippen molar-refractivity contribution in [3.63, 3.8) is 0 Å². The van der Waals surface area contributed by atoms with Crippen LogP contribution in [0.3, 0.4) is 0 Å². The van der Waals surface area contributed by atoms with Gasteiger partial charge >= 0.3 is 0 Å². The van der Waals surface area contributed by atoms with E-state index in [0.29, 0.717) is 19.3 Å². The Morgan fingerprint density at radius 2 is 2.07 bits per heavy atom. The monoisotopic (exact) mass is 208 g/mol. The van der Waals surface area contributed by atoms with Gasteiger partial charge in [0.1, 0.15) is 0 Å². The summed E-state index contributed by atoms with van der Waals surface area (Å²) in [5.41, 5.74) is 1.12. The third-order valence-electron chi connectivity index (χ3n) is 2.16. The van der Waals surface area contributed by atoms with Gasteiger partial charge in [0.2, 0.25) is 6.79 Å². The van der Waals surface area contributed by atoms with Gasteiger partial charge in [-0.15, -0.1) is 0 Å². The van der Waals surface area contributed by atoms with E-state index >= 15 is 0 Å². The Morgan fingerprint density at radius 3 is 2.87 bits per heavy atom. The smallest absolute Gasteiger partial charge is 0.231 e. The van der Waals surface area contributed by atoms with Crippen LogP contribution >= 0.6 is 0 Å². The highest BCUT2D eigenvalue weighted by Gasteiger charge is 2.12. The van der Waals surface area contributed by atoms with E-state index in [4.69, 9.17) is 14.2 Å². The van der Waals surface area contributed by atoms with E-state index in [1.54, 1.807) is 0 Å². The van der Waals surface area contributed by atoms with Crippen LogP contribution < -0.4 is 9.47 Å². The average Bonchev–Trinajstić information content (AvgIpc) is 2.64. The molecule has 1 aliphatic heterocycles. The predicted molar refractivity (Wildman–Crippen MR) is 57.1 cm³/mol. The van der Waals surface area contributed by atoms with Crippen molar-refractivity contribution >= 4 is 0 Å². The maximum absolute atomic E-state index is 5.54. The van der Waals surface area contributed by atoms with Crippen molar-refractivity contribution < 1.29 is 14.2 Å². The maximum Gasteiger partial charge on any atom is 0.231 e. The molecule has 0 unspecified atom stereocenters. The predicted octanol–water partition coefficient (Wildman–Crippen LogP) is 2.59. The second-order valence-corrected chi connectivity index (χ2v) is 4.10. The van der Waals surface area contributed by atoms with Gasteiger partial charge in [0.15, 0.2) is 11.5 Å². The SMILES string of the molecule is CC(C)COCc1ccc2c(c1)OCO2. The van der Waals surface area contributed by atoms with Crippen molar-refractivity contribution in [2.75, 3.05) is 13.4 Å². The number of hydrogen-bond acceptors (Lipinski definition) is 3. The van der Waals surface area contributed by atoms with Gasteiger partial charge in [-0.05, 0) is 23.6 Å². The number of rotatable bonds is 4. The summed E-state index contributed by atoms with van der Waals surface area (Å²) in [6.07, 6.45) is 0. The molecule has 0 N–H and O–H groups in total. The molecular formula is C12H16O3. The minimum atomic E-state index is 0.325. The summed E-state index contributed by atoms with van der Waals surface area (Å²) < 4.78 is 16.1. The normalized spacial score (nSPS) is 13.5. The minimum absolute atomic E-state index is 0.325. The molecule has 82 valence electrons. The Kier molecular flexibility index (Phi) is 3.11. The van der Waals surface area contributed by atoms with Gasteiger partial charge in [0.05, 0.1) is 6.61 Å². The van der Waals surface area contributed by atoms with E-state index in [1.807, 2.05) is 18.2 Å². The molecule has 3 nitrogen and oxygen atoms in total. The van der Waals surface area contributed by atoms with E-state index in [2.05, 4.69) is 13.8 Å². The highest BCUT2D eigenvalue weighted by atomic mass is 16.7. The fraction of sp³-hybridized carbons (Fsp3) is 0.500. The molecule has 0 fully saturated rings.